The number of Topliss-reactive ketones (excluding diaryl/α,β-unsaturated/α-hetero) is 1. The van der Waals surface area contributed by atoms with E-state index in [2.05, 4.69) is 10.6 Å². The second kappa shape index (κ2) is 8.43. The minimum absolute atomic E-state index is 0.151. The highest BCUT2D eigenvalue weighted by Gasteiger charge is 2.33. The number of hydrogen-bond acceptors (Lipinski definition) is 4. The first kappa shape index (κ1) is 19.7. The molecule has 2 N–H and O–H groups in total. The number of halogens is 1. The Hall–Kier alpha value is -2.57. The number of allylic oxidation sites excluding steroid dienone is 1. The first-order valence-electron chi connectivity index (χ1n) is 9.44. The van der Waals surface area contributed by atoms with Crippen molar-refractivity contribution in [3.63, 3.8) is 0 Å². The quantitative estimate of drug-likeness (QED) is 0.686. The number of methoxy groups -OCH3 is 1. The summed E-state index contributed by atoms with van der Waals surface area (Å²) in [5.41, 5.74) is 3.59. The largest absolute Gasteiger partial charge is 0.493 e. The Balaban J connectivity index is 1.64. The minimum Gasteiger partial charge on any atom is -0.493 e. The molecule has 150 valence electrons. The van der Waals surface area contributed by atoms with Crippen molar-refractivity contribution in [2.24, 2.45) is 0 Å². The van der Waals surface area contributed by atoms with Crippen LogP contribution in [0.1, 0.15) is 36.4 Å². The van der Waals surface area contributed by atoms with Crippen LogP contribution in [0.4, 0.5) is 0 Å². The van der Waals surface area contributed by atoms with E-state index in [-0.39, 0.29) is 11.8 Å². The molecule has 0 saturated heterocycles. The SMILES string of the molecule is COc1ccc(C2NC(=S)NC3=C2C(=O)CCC3)cc1OCc1ccc(Cl)cc1. The number of ketones is 1. The summed E-state index contributed by atoms with van der Waals surface area (Å²) in [5.74, 6) is 1.39. The van der Waals surface area contributed by atoms with Gasteiger partial charge >= 0.3 is 0 Å². The lowest BCUT2D eigenvalue weighted by molar-refractivity contribution is -0.116. The number of ether oxygens (including phenoxy) is 2. The molecule has 0 amide bonds. The van der Waals surface area contributed by atoms with Gasteiger partial charge in [0.15, 0.2) is 22.4 Å². The normalized spacial score (nSPS) is 18.6. The molecule has 2 aliphatic rings. The smallest absolute Gasteiger partial charge is 0.171 e. The van der Waals surface area contributed by atoms with Gasteiger partial charge in [-0.2, -0.15) is 0 Å². The number of hydrogen-bond donors (Lipinski definition) is 2. The van der Waals surface area contributed by atoms with E-state index < -0.39 is 0 Å². The van der Waals surface area contributed by atoms with Gasteiger partial charge in [0, 0.05) is 22.7 Å². The van der Waals surface area contributed by atoms with E-state index in [4.69, 9.17) is 33.3 Å². The van der Waals surface area contributed by atoms with Crippen LogP contribution in [0.5, 0.6) is 11.5 Å². The van der Waals surface area contributed by atoms with Gasteiger partial charge in [-0.15, -0.1) is 0 Å². The van der Waals surface area contributed by atoms with Gasteiger partial charge in [0.05, 0.1) is 13.2 Å². The first-order chi connectivity index (χ1) is 14.0. The Labute approximate surface area is 180 Å². The van der Waals surface area contributed by atoms with Crippen LogP contribution in [0, 0.1) is 0 Å². The lowest BCUT2D eigenvalue weighted by Crippen LogP contribution is -2.46. The third-order valence-electron chi connectivity index (χ3n) is 5.11. The molecule has 2 aromatic rings. The van der Waals surface area contributed by atoms with Crippen molar-refractivity contribution in [2.75, 3.05) is 7.11 Å². The molecule has 1 atom stereocenters. The molecule has 2 aromatic carbocycles. The molecule has 0 aromatic heterocycles. The van der Waals surface area contributed by atoms with Gasteiger partial charge < -0.3 is 20.1 Å². The van der Waals surface area contributed by atoms with Gasteiger partial charge in [-0.3, -0.25) is 4.79 Å². The second-order valence-electron chi connectivity index (χ2n) is 7.03. The summed E-state index contributed by atoms with van der Waals surface area (Å²) < 4.78 is 11.5. The van der Waals surface area contributed by atoms with E-state index in [0.717, 1.165) is 35.2 Å². The van der Waals surface area contributed by atoms with Crippen LogP contribution in [0.2, 0.25) is 5.02 Å². The first-order valence-corrected chi connectivity index (χ1v) is 10.2. The van der Waals surface area contributed by atoms with Gasteiger partial charge in [0.2, 0.25) is 0 Å². The Morgan fingerprint density at radius 2 is 1.93 bits per heavy atom. The number of thiocarbonyl (C=S) groups is 1. The molecule has 29 heavy (non-hydrogen) atoms. The van der Waals surface area contributed by atoms with Gasteiger partial charge in [-0.25, -0.2) is 0 Å². The average molecular weight is 429 g/mol. The monoisotopic (exact) mass is 428 g/mol. The number of rotatable bonds is 5. The molecule has 4 rings (SSSR count). The van der Waals surface area contributed by atoms with Gasteiger partial charge in [0.1, 0.15) is 6.61 Å². The Morgan fingerprint density at radius 1 is 1.14 bits per heavy atom. The zero-order chi connectivity index (χ0) is 20.4. The molecule has 1 aliphatic heterocycles. The Morgan fingerprint density at radius 3 is 2.69 bits per heavy atom. The molecule has 7 heteroatoms. The fraction of sp³-hybridized carbons (Fsp3) is 0.273. The molecule has 0 saturated carbocycles. The molecule has 0 fully saturated rings. The third kappa shape index (κ3) is 4.23. The number of nitrogens with one attached hydrogen (secondary N) is 2. The highest BCUT2D eigenvalue weighted by Crippen LogP contribution is 2.37. The molecule has 1 aliphatic carbocycles. The lowest BCUT2D eigenvalue weighted by Gasteiger charge is -2.34. The Kier molecular flexibility index (Phi) is 5.74. The van der Waals surface area contributed by atoms with E-state index in [1.54, 1.807) is 7.11 Å². The summed E-state index contributed by atoms with van der Waals surface area (Å²) in [6, 6.07) is 12.9. The van der Waals surface area contributed by atoms with Crippen LogP contribution in [-0.2, 0) is 11.4 Å². The highest BCUT2D eigenvalue weighted by atomic mass is 35.5. The average Bonchev–Trinajstić information content (AvgIpc) is 2.72. The summed E-state index contributed by atoms with van der Waals surface area (Å²) in [4.78, 5) is 12.6. The minimum atomic E-state index is -0.296. The number of carbonyl (C=O) groups excluding carboxylic acids is 1. The van der Waals surface area contributed by atoms with Gasteiger partial charge in [0.25, 0.3) is 0 Å². The second-order valence-corrected chi connectivity index (χ2v) is 7.87. The summed E-state index contributed by atoms with van der Waals surface area (Å²) in [7, 11) is 1.60. The van der Waals surface area contributed by atoms with Crippen LogP contribution in [0.15, 0.2) is 53.7 Å². The lowest BCUT2D eigenvalue weighted by atomic mass is 9.85. The molecular weight excluding hydrogens is 408 g/mol. The molecule has 0 bridgehead atoms. The molecule has 1 unspecified atom stereocenters. The van der Waals surface area contributed by atoms with E-state index >= 15 is 0 Å². The summed E-state index contributed by atoms with van der Waals surface area (Å²) in [6.45, 7) is 0.377. The molecule has 0 spiro atoms. The Bertz CT molecular complexity index is 988. The maximum Gasteiger partial charge on any atom is 0.171 e. The van der Waals surface area contributed by atoms with E-state index in [1.807, 2.05) is 42.5 Å². The van der Waals surface area contributed by atoms with Crippen molar-refractivity contribution in [3.05, 3.63) is 69.9 Å². The highest BCUT2D eigenvalue weighted by molar-refractivity contribution is 7.80. The topological polar surface area (TPSA) is 59.6 Å². The van der Waals surface area contributed by atoms with Crippen molar-refractivity contribution >= 4 is 34.7 Å². The number of carbonyl (C=O) groups is 1. The van der Waals surface area contributed by atoms with Crippen molar-refractivity contribution in [2.45, 2.75) is 31.9 Å². The van der Waals surface area contributed by atoms with Crippen molar-refractivity contribution in [1.29, 1.82) is 0 Å². The zero-order valence-electron chi connectivity index (χ0n) is 16.0. The maximum atomic E-state index is 12.6. The van der Waals surface area contributed by atoms with E-state index in [9.17, 15) is 4.79 Å². The summed E-state index contributed by atoms with van der Waals surface area (Å²) >= 11 is 11.3. The zero-order valence-corrected chi connectivity index (χ0v) is 17.5. The fourth-order valence-corrected chi connectivity index (χ4v) is 4.05. The standard InChI is InChI=1S/C22H21ClN2O3S/c1-27-18-10-7-14(11-19(18)28-12-13-5-8-15(23)9-6-13)21-20-16(24-22(29)25-21)3-2-4-17(20)26/h5-11,21H,2-4,12H2,1H3,(H2,24,25,29). The van der Waals surface area contributed by atoms with Crippen molar-refractivity contribution in [1.82, 2.24) is 10.6 Å². The summed E-state index contributed by atoms with van der Waals surface area (Å²) in [5, 5.41) is 7.60. The molecular formula is C22H21ClN2O3S. The fourth-order valence-electron chi connectivity index (χ4n) is 3.68. The summed E-state index contributed by atoms with van der Waals surface area (Å²) in [6.07, 6.45) is 2.23. The molecule has 1 heterocycles. The molecule has 0 radical (unpaired) electrons. The number of benzene rings is 2. The van der Waals surface area contributed by atoms with E-state index in [0.29, 0.717) is 34.7 Å². The van der Waals surface area contributed by atoms with Crippen LogP contribution in [0.25, 0.3) is 0 Å². The maximum absolute atomic E-state index is 12.6. The molecule has 5 nitrogen and oxygen atoms in total. The predicted molar refractivity (Wildman–Crippen MR) is 116 cm³/mol. The van der Waals surface area contributed by atoms with Gasteiger partial charge in [-0.05, 0) is 60.5 Å². The van der Waals surface area contributed by atoms with Crippen LogP contribution < -0.4 is 20.1 Å². The van der Waals surface area contributed by atoms with Gasteiger partial charge in [-0.1, -0.05) is 29.8 Å². The van der Waals surface area contributed by atoms with Crippen LogP contribution in [-0.4, -0.2) is 18.0 Å². The van der Waals surface area contributed by atoms with Crippen molar-refractivity contribution in [3.8, 4) is 11.5 Å². The van der Waals surface area contributed by atoms with Crippen LogP contribution in [0.3, 0.4) is 0 Å². The van der Waals surface area contributed by atoms with Crippen molar-refractivity contribution < 1.29 is 14.3 Å². The van der Waals surface area contributed by atoms with Crippen LogP contribution >= 0.6 is 23.8 Å². The third-order valence-corrected chi connectivity index (χ3v) is 5.59. The van der Waals surface area contributed by atoms with E-state index in [1.165, 1.54) is 0 Å². The predicted octanol–water partition coefficient (Wildman–Crippen LogP) is 4.45.